The van der Waals surface area contributed by atoms with Gasteiger partial charge in [0, 0.05) is 37.0 Å². The van der Waals surface area contributed by atoms with Crippen LogP contribution >= 0.6 is 0 Å². The number of para-hydroxylation sites is 1. The summed E-state index contributed by atoms with van der Waals surface area (Å²) in [4.78, 5) is 20.3. The molecule has 4 aromatic rings. The van der Waals surface area contributed by atoms with Crippen LogP contribution in [0.5, 0.6) is 0 Å². The Morgan fingerprint density at radius 3 is 2.79 bits per heavy atom. The van der Waals surface area contributed by atoms with Crippen LogP contribution in [0.3, 0.4) is 0 Å². The molecule has 1 saturated heterocycles. The normalized spacial score (nSPS) is 27.1. The number of nitrogens with one attached hydrogen (secondary N) is 1. The largest absolute Gasteiger partial charge is 0.396 e. The summed E-state index contributed by atoms with van der Waals surface area (Å²) < 4.78 is 1.79. The molecule has 5 atom stereocenters. The average molecular weight is 462 g/mol. The first-order valence-corrected chi connectivity index (χ1v) is 11.6. The zero-order chi connectivity index (χ0) is 23.2. The first-order chi connectivity index (χ1) is 16.6. The maximum atomic E-state index is 10.5. The fourth-order valence-electron chi connectivity index (χ4n) is 5.29. The molecule has 1 aliphatic heterocycles. The maximum absolute atomic E-state index is 10.5. The van der Waals surface area contributed by atoms with E-state index in [4.69, 9.17) is 0 Å². The number of fused-ring (bicyclic) bond motifs is 2. The van der Waals surface area contributed by atoms with E-state index in [-0.39, 0.29) is 18.6 Å². The molecule has 1 aliphatic carbocycles. The van der Waals surface area contributed by atoms with Crippen molar-refractivity contribution in [2.75, 3.05) is 29.9 Å². The highest BCUT2D eigenvalue weighted by atomic mass is 16.3. The van der Waals surface area contributed by atoms with E-state index in [9.17, 15) is 15.3 Å². The molecule has 0 bridgehead atoms. The van der Waals surface area contributed by atoms with Gasteiger partial charge >= 0.3 is 0 Å². The van der Waals surface area contributed by atoms with Gasteiger partial charge in [-0.1, -0.05) is 18.2 Å². The van der Waals surface area contributed by atoms with E-state index in [1.807, 2.05) is 24.4 Å². The zero-order valence-corrected chi connectivity index (χ0v) is 18.6. The first kappa shape index (κ1) is 21.2. The summed E-state index contributed by atoms with van der Waals surface area (Å²) in [7, 11) is 0. The second kappa shape index (κ2) is 8.46. The molecule has 3 aromatic heterocycles. The molecule has 176 valence electrons. The van der Waals surface area contributed by atoms with Crippen molar-refractivity contribution in [3.05, 3.63) is 49.2 Å². The highest BCUT2D eigenvalue weighted by molar-refractivity contribution is 5.83. The lowest BCUT2D eigenvalue weighted by Gasteiger charge is -2.20. The molecule has 4 N–H and O–H groups in total. The SMILES string of the molecule is OC[C@H]1C[C@@H](n2cnc3c(N[C@H]4CCN(c5cnc6ccccc6c5)C4)ncnc32)[C@@H](O)[C@H]1O. The van der Waals surface area contributed by atoms with Crippen molar-refractivity contribution >= 4 is 33.6 Å². The summed E-state index contributed by atoms with van der Waals surface area (Å²) in [5.41, 5.74) is 3.32. The number of hydrogen-bond donors (Lipinski definition) is 4. The van der Waals surface area contributed by atoms with Crippen molar-refractivity contribution in [2.24, 2.45) is 5.92 Å². The van der Waals surface area contributed by atoms with Gasteiger partial charge in [0.1, 0.15) is 17.9 Å². The fourth-order valence-corrected chi connectivity index (χ4v) is 5.29. The van der Waals surface area contributed by atoms with E-state index in [0.29, 0.717) is 23.4 Å². The molecule has 0 amide bonds. The van der Waals surface area contributed by atoms with Gasteiger partial charge in [0.2, 0.25) is 0 Å². The predicted octanol–water partition coefficient (Wildman–Crippen LogP) is 1.34. The minimum Gasteiger partial charge on any atom is -0.396 e. The summed E-state index contributed by atoms with van der Waals surface area (Å²) in [5, 5.41) is 34.9. The van der Waals surface area contributed by atoms with Gasteiger partial charge in [-0.05, 0) is 25.0 Å². The van der Waals surface area contributed by atoms with Crippen LogP contribution in [0, 0.1) is 5.92 Å². The second-order valence-electron chi connectivity index (χ2n) is 9.24. The molecular formula is C24H27N7O3. The Morgan fingerprint density at radius 2 is 1.94 bits per heavy atom. The van der Waals surface area contributed by atoms with Gasteiger partial charge < -0.3 is 30.1 Å². The molecule has 6 rings (SSSR count). The number of rotatable bonds is 5. The van der Waals surface area contributed by atoms with Gasteiger partial charge in [-0.2, -0.15) is 0 Å². The monoisotopic (exact) mass is 461 g/mol. The van der Waals surface area contributed by atoms with Crippen LogP contribution in [0.1, 0.15) is 18.9 Å². The number of pyridine rings is 1. The van der Waals surface area contributed by atoms with Crippen LogP contribution in [-0.4, -0.2) is 77.8 Å². The Labute approximate surface area is 195 Å². The summed E-state index contributed by atoms with van der Waals surface area (Å²) in [6, 6.07) is 10.1. The Morgan fingerprint density at radius 1 is 1.06 bits per heavy atom. The molecule has 10 heteroatoms. The smallest absolute Gasteiger partial charge is 0.165 e. The Kier molecular flexibility index (Phi) is 5.28. The van der Waals surface area contributed by atoms with Gasteiger partial charge in [0.05, 0.1) is 35.9 Å². The Balaban J connectivity index is 1.21. The number of aliphatic hydroxyl groups excluding tert-OH is 3. The van der Waals surface area contributed by atoms with Gasteiger partial charge in [-0.25, -0.2) is 15.0 Å². The molecule has 0 unspecified atom stereocenters. The summed E-state index contributed by atoms with van der Waals surface area (Å²) in [6.45, 7) is 1.56. The van der Waals surface area contributed by atoms with E-state index in [2.05, 4.69) is 42.3 Å². The standard InChI is InChI=1S/C24H27N7O3/c32-11-15-8-19(22(34)21(15)33)31-13-28-20-23(26-12-27-24(20)31)29-16-5-6-30(10-16)17-7-14-3-1-2-4-18(14)25-9-17/h1-4,7,9,12-13,15-16,19,21-22,32-34H,5-6,8,10-11H2,(H,26,27,29)/t15-,16+,19-,21+,22-/m1/s1. The Hall–Kier alpha value is -3.34. The molecule has 0 spiro atoms. The molecule has 34 heavy (non-hydrogen) atoms. The van der Waals surface area contributed by atoms with Crippen molar-refractivity contribution < 1.29 is 15.3 Å². The molecule has 2 fully saturated rings. The van der Waals surface area contributed by atoms with Crippen LogP contribution in [0.4, 0.5) is 11.5 Å². The van der Waals surface area contributed by atoms with Gasteiger partial charge in [-0.15, -0.1) is 0 Å². The molecule has 1 aromatic carbocycles. The van der Waals surface area contributed by atoms with Gasteiger partial charge in [0.25, 0.3) is 0 Å². The van der Waals surface area contributed by atoms with Crippen molar-refractivity contribution in [3.63, 3.8) is 0 Å². The molecule has 2 aliphatic rings. The predicted molar refractivity (Wildman–Crippen MR) is 128 cm³/mol. The number of aromatic nitrogens is 5. The van der Waals surface area contributed by atoms with E-state index in [1.165, 1.54) is 6.33 Å². The Bertz CT molecular complexity index is 1330. The lowest BCUT2D eigenvalue weighted by atomic mass is 10.1. The number of imidazole rings is 1. The zero-order valence-electron chi connectivity index (χ0n) is 18.6. The summed E-state index contributed by atoms with van der Waals surface area (Å²) in [6.07, 6.45) is 4.49. The topological polar surface area (TPSA) is 132 Å². The minimum absolute atomic E-state index is 0.173. The van der Waals surface area contributed by atoms with E-state index < -0.39 is 18.2 Å². The number of hydrogen-bond acceptors (Lipinski definition) is 9. The second-order valence-corrected chi connectivity index (χ2v) is 9.24. The molecular weight excluding hydrogens is 434 g/mol. The van der Waals surface area contributed by atoms with Gasteiger partial charge in [0.15, 0.2) is 11.5 Å². The number of nitrogens with zero attached hydrogens (tertiary/aromatic N) is 6. The molecule has 4 heterocycles. The van der Waals surface area contributed by atoms with Gasteiger partial charge in [-0.3, -0.25) is 4.98 Å². The molecule has 0 radical (unpaired) electrons. The molecule has 10 nitrogen and oxygen atoms in total. The van der Waals surface area contributed by atoms with E-state index in [1.54, 1.807) is 10.9 Å². The lowest BCUT2D eigenvalue weighted by Crippen LogP contribution is -2.30. The van der Waals surface area contributed by atoms with Crippen molar-refractivity contribution in [2.45, 2.75) is 37.1 Å². The average Bonchev–Trinajstić information content (AvgIpc) is 3.58. The van der Waals surface area contributed by atoms with Crippen molar-refractivity contribution in [3.8, 4) is 0 Å². The lowest BCUT2D eigenvalue weighted by molar-refractivity contribution is -0.00370. The van der Waals surface area contributed by atoms with Crippen LogP contribution < -0.4 is 10.2 Å². The molecule has 1 saturated carbocycles. The van der Waals surface area contributed by atoms with Crippen LogP contribution in [0.15, 0.2) is 49.2 Å². The highest BCUT2D eigenvalue weighted by Crippen LogP contribution is 2.37. The van der Waals surface area contributed by atoms with E-state index >= 15 is 0 Å². The van der Waals surface area contributed by atoms with Crippen LogP contribution in [-0.2, 0) is 0 Å². The van der Waals surface area contributed by atoms with Crippen molar-refractivity contribution in [1.82, 2.24) is 24.5 Å². The van der Waals surface area contributed by atoms with Crippen molar-refractivity contribution in [1.29, 1.82) is 0 Å². The number of anilines is 2. The number of benzene rings is 1. The van der Waals surface area contributed by atoms with E-state index in [0.717, 1.165) is 36.1 Å². The quantitative estimate of drug-likeness (QED) is 0.347. The summed E-state index contributed by atoms with van der Waals surface area (Å²) >= 11 is 0. The highest BCUT2D eigenvalue weighted by Gasteiger charge is 2.42. The third-order valence-electron chi connectivity index (χ3n) is 7.19. The first-order valence-electron chi connectivity index (χ1n) is 11.6. The third kappa shape index (κ3) is 3.54. The maximum Gasteiger partial charge on any atom is 0.165 e. The van der Waals surface area contributed by atoms with Crippen LogP contribution in [0.25, 0.3) is 22.1 Å². The number of aliphatic hydroxyl groups is 3. The fraction of sp³-hybridized carbons (Fsp3) is 0.417. The summed E-state index contributed by atoms with van der Waals surface area (Å²) in [5.74, 6) is 0.282. The minimum atomic E-state index is -0.986. The third-order valence-corrected chi connectivity index (χ3v) is 7.19. The van der Waals surface area contributed by atoms with Crippen LogP contribution in [0.2, 0.25) is 0 Å².